The maximum Gasteiger partial charge on any atom is 0.291 e. The zero-order valence-corrected chi connectivity index (χ0v) is 18.4. The molecule has 1 aliphatic rings. The van der Waals surface area contributed by atoms with Gasteiger partial charge >= 0.3 is 0 Å². The quantitative estimate of drug-likeness (QED) is 0.485. The van der Waals surface area contributed by atoms with Crippen LogP contribution < -0.4 is 15.0 Å². The zero-order valence-electron chi connectivity index (χ0n) is 17.6. The number of nitrogens with one attached hydrogen (secondary N) is 1. The van der Waals surface area contributed by atoms with E-state index >= 15 is 0 Å². The molecule has 1 fully saturated rings. The molecule has 2 aromatic rings. The van der Waals surface area contributed by atoms with Gasteiger partial charge in [0.2, 0.25) is 5.91 Å². The third kappa shape index (κ3) is 5.36. The van der Waals surface area contributed by atoms with Crippen molar-refractivity contribution in [2.75, 3.05) is 20.8 Å². The van der Waals surface area contributed by atoms with Crippen molar-refractivity contribution in [1.29, 1.82) is 0 Å². The lowest BCUT2D eigenvalue weighted by Gasteiger charge is -2.27. The van der Waals surface area contributed by atoms with Crippen LogP contribution in [0.4, 0.5) is 8.78 Å². The second kappa shape index (κ2) is 10.1. The fraction of sp³-hybridized carbons (Fsp3) is 0.476. The number of benzene rings is 1. The third-order valence-electron chi connectivity index (χ3n) is 5.36. The van der Waals surface area contributed by atoms with Crippen molar-refractivity contribution in [1.82, 2.24) is 14.9 Å². The summed E-state index contributed by atoms with van der Waals surface area (Å²) < 4.78 is 35.9. The summed E-state index contributed by atoms with van der Waals surface area (Å²) in [5.74, 6) is -1.38. The maximum absolute atomic E-state index is 13.0. The smallest absolute Gasteiger partial charge is 0.291 e. The normalized spacial score (nSPS) is 16.1. The molecule has 0 spiro atoms. The van der Waals surface area contributed by atoms with Crippen LogP contribution in [-0.4, -0.2) is 47.3 Å². The number of alkyl halides is 2. The van der Waals surface area contributed by atoms with Gasteiger partial charge in [-0.25, -0.2) is 4.98 Å². The van der Waals surface area contributed by atoms with Crippen LogP contribution in [0.1, 0.15) is 42.1 Å². The summed E-state index contributed by atoms with van der Waals surface area (Å²) in [6.07, 6.45) is 1.97. The molecule has 1 aliphatic heterocycles. The molecular formula is C21H25F2N3O4S. The summed E-state index contributed by atoms with van der Waals surface area (Å²) in [5.41, 5.74) is 1.08. The van der Waals surface area contributed by atoms with Crippen LogP contribution in [0.15, 0.2) is 28.2 Å². The molecule has 1 amide bonds. The topological polar surface area (TPSA) is 84.5 Å². The molecular weight excluding hydrogens is 428 g/mol. The Bertz CT molecular complexity index is 999. The number of aromatic amines is 1. The number of hydrogen-bond acceptors (Lipinski definition) is 6. The number of H-pyrrole nitrogens is 1. The Labute approximate surface area is 183 Å². The van der Waals surface area contributed by atoms with Crippen LogP contribution in [0.3, 0.4) is 0 Å². The number of nitrogens with zero attached hydrogens (tertiary/aromatic N) is 2. The Kier molecular flexibility index (Phi) is 7.53. The van der Waals surface area contributed by atoms with E-state index in [0.29, 0.717) is 29.3 Å². The number of ether oxygens (including phenoxy) is 2. The first-order chi connectivity index (χ1) is 14.8. The average Bonchev–Trinajstić information content (AvgIpc) is 3.21. The van der Waals surface area contributed by atoms with Crippen molar-refractivity contribution < 1.29 is 23.0 Å². The molecule has 1 aromatic heterocycles. The number of rotatable bonds is 8. The van der Waals surface area contributed by atoms with Crippen LogP contribution in [-0.2, 0) is 11.2 Å². The van der Waals surface area contributed by atoms with Gasteiger partial charge in [-0.05, 0) is 56.1 Å². The predicted octanol–water partition coefficient (Wildman–Crippen LogP) is 3.71. The average molecular weight is 454 g/mol. The Morgan fingerprint density at radius 3 is 2.77 bits per heavy atom. The van der Waals surface area contributed by atoms with Gasteiger partial charge in [0, 0.05) is 29.8 Å². The van der Waals surface area contributed by atoms with Gasteiger partial charge in [-0.15, -0.1) is 0 Å². The second-order valence-corrected chi connectivity index (χ2v) is 8.15. The second-order valence-electron chi connectivity index (χ2n) is 7.17. The Morgan fingerprint density at radius 1 is 1.35 bits per heavy atom. The molecule has 2 heterocycles. The molecule has 3 rings (SSSR count). The predicted molar refractivity (Wildman–Crippen MR) is 113 cm³/mol. The number of carbonyl (C=O) groups excluding carboxylic acids is 1. The minimum atomic E-state index is -2.67. The van der Waals surface area contributed by atoms with Crippen molar-refractivity contribution in [3.05, 3.63) is 45.4 Å². The number of aryl methyl sites for hydroxylation is 1. The van der Waals surface area contributed by atoms with Gasteiger partial charge < -0.3 is 19.4 Å². The van der Waals surface area contributed by atoms with E-state index in [1.54, 1.807) is 26.0 Å². The van der Waals surface area contributed by atoms with Crippen molar-refractivity contribution >= 4 is 17.7 Å². The SMILES string of the molecule is COc1ccc(OC)c(C2CCCN2C(=O)CCc2c(C)nc(SC(F)F)[nH]c2=O)c1. The van der Waals surface area contributed by atoms with E-state index in [1.165, 1.54) is 0 Å². The summed E-state index contributed by atoms with van der Waals surface area (Å²) in [5, 5.41) is -0.127. The Morgan fingerprint density at radius 2 is 2.13 bits per heavy atom. The number of halogens is 2. The highest BCUT2D eigenvalue weighted by molar-refractivity contribution is 7.99. The lowest BCUT2D eigenvalue weighted by Crippen LogP contribution is -2.31. The standard InChI is InChI=1S/C21H25F2N3O4S/c1-12-14(19(28)25-21(24-12)31-20(22)23)7-9-18(27)26-10-4-5-16(26)15-11-13(29-2)6-8-17(15)30-3/h6,8,11,16,20H,4-5,7,9-10H2,1-3H3,(H,24,25,28). The molecule has 10 heteroatoms. The molecule has 1 aromatic carbocycles. The fourth-order valence-electron chi connectivity index (χ4n) is 3.88. The van der Waals surface area contributed by atoms with E-state index in [9.17, 15) is 18.4 Å². The zero-order chi connectivity index (χ0) is 22.5. The first-order valence-corrected chi connectivity index (χ1v) is 10.8. The number of carbonyl (C=O) groups is 1. The van der Waals surface area contributed by atoms with Crippen molar-refractivity contribution in [2.24, 2.45) is 0 Å². The maximum atomic E-state index is 13.0. The van der Waals surface area contributed by atoms with Gasteiger partial charge in [0.1, 0.15) is 11.5 Å². The molecule has 0 saturated carbocycles. The van der Waals surface area contributed by atoms with Gasteiger partial charge in [0.15, 0.2) is 5.16 Å². The summed E-state index contributed by atoms with van der Waals surface area (Å²) in [7, 11) is 3.17. The lowest BCUT2D eigenvalue weighted by molar-refractivity contribution is -0.132. The molecule has 0 radical (unpaired) electrons. The van der Waals surface area contributed by atoms with Crippen molar-refractivity contribution in [3.63, 3.8) is 0 Å². The highest BCUT2D eigenvalue weighted by Gasteiger charge is 2.32. The Balaban J connectivity index is 1.75. The number of amides is 1. The third-order valence-corrected chi connectivity index (χ3v) is 5.95. The summed E-state index contributed by atoms with van der Waals surface area (Å²) >= 11 is 0.187. The fourth-order valence-corrected chi connectivity index (χ4v) is 4.39. The molecule has 1 saturated heterocycles. The van der Waals surface area contributed by atoms with Crippen LogP contribution >= 0.6 is 11.8 Å². The summed E-state index contributed by atoms with van der Waals surface area (Å²) in [6.45, 7) is 2.20. The van der Waals surface area contributed by atoms with E-state index < -0.39 is 11.3 Å². The molecule has 31 heavy (non-hydrogen) atoms. The van der Waals surface area contributed by atoms with Gasteiger partial charge in [0.05, 0.1) is 20.3 Å². The number of likely N-dealkylation sites (tertiary alicyclic amines) is 1. The molecule has 1 unspecified atom stereocenters. The first-order valence-electron chi connectivity index (χ1n) is 9.90. The summed E-state index contributed by atoms with van der Waals surface area (Å²) in [6, 6.07) is 5.37. The molecule has 0 aliphatic carbocycles. The molecule has 1 N–H and O–H groups in total. The molecule has 0 bridgehead atoms. The molecule has 1 atom stereocenters. The summed E-state index contributed by atoms with van der Waals surface area (Å²) in [4.78, 5) is 33.5. The molecule has 168 valence electrons. The number of aromatic nitrogens is 2. The lowest BCUT2D eigenvalue weighted by atomic mass is 10.0. The van der Waals surface area contributed by atoms with E-state index in [-0.39, 0.29) is 41.7 Å². The highest BCUT2D eigenvalue weighted by atomic mass is 32.2. The van der Waals surface area contributed by atoms with E-state index in [1.807, 2.05) is 18.2 Å². The van der Waals surface area contributed by atoms with Crippen LogP contribution in [0.2, 0.25) is 0 Å². The van der Waals surface area contributed by atoms with E-state index in [2.05, 4.69) is 9.97 Å². The van der Waals surface area contributed by atoms with Crippen LogP contribution in [0.25, 0.3) is 0 Å². The van der Waals surface area contributed by atoms with Gasteiger partial charge in [-0.2, -0.15) is 8.78 Å². The van der Waals surface area contributed by atoms with E-state index in [4.69, 9.17) is 9.47 Å². The van der Waals surface area contributed by atoms with Crippen molar-refractivity contribution in [3.8, 4) is 11.5 Å². The van der Waals surface area contributed by atoms with Crippen LogP contribution in [0, 0.1) is 6.92 Å². The largest absolute Gasteiger partial charge is 0.497 e. The van der Waals surface area contributed by atoms with E-state index in [0.717, 1.165) is 18.4 Å². The van der Waals surface area contributed by atoms with Crippen LogP contribution in [0.5, 0.6) is 11.5 Å². The number of methoxy groups -OCH3 is 2. The highest BCUT2D eigenvalue weighted by Crippen LogP contribution is 2.39. The minimum Gasteiger partial charge on any atom is -0.497 e. The monoisotopic (exact) mass is 453 g/mol. The van der Waals surface area contributed by atoms with Gasteiger partial charge in [-0.1, -0.05) is 0 Å². The van der Waals surface area contributed by atoms with Gasteiger partial charge in [-0.3, -0.25) is 9.59 Å². The first kappa shape index (κ1) is 23.1. The van der Waals surface area contributed by atoms with Crippen molar-refractivity contribution in [2.45, 2.75) is 49.6 Å². The number of hydrogen-bond donors (Lipinski definition) is 1. The Hall–Kier alpha value is -2.62. The number of thioether (sulfide) groups is 1. The molecule has 7 nitrogen and oxygen atoms in total. The van der Waals surface area contributed by atoms with Gasteiger partial charge in [0.25, 0.3) is 11.3 Å². The minimum absolute atomic E-state index is 0.0859.